The lowest BCUT2D eigenvalue weighted by atomic mass is 10.1. The van der Waals surface area contributed by atoms with Crippen LogP contribution in [0.25, 0.3) is 0 Å². The third-order valence-electron chi connectivity index (χ3n) is 11.0. The van der Waals surface area contributed by atoms with E-state index in [4.69, 9.17) is 14.2 Å². The maximum Gasteiger partial charge on any atom is 0.306 e. The molecule has 1 atom stereocenters. The number of hydrogen-bond donors (Lipinski definition) is 0. The Labute approximate surface area is 417 Å². The van der Waals surface area contributed by atoms with Crippen molar-refractivity contribution in [1.29, 1.82) is 0 Å². The number of rotatable bonds is 47. The van der Waals surface area contributed by atoms with Crippen molar-refractivity contribution in [1.82, 2.24) is 0 Å². The number of allylic oxidation sites excluding steroid dienone is 22. The summed E-state index contributed by atoms with van der Waals surface area (Å²) in [5, 5.41) is 0. The summed E-state index contributed by atoms with van der Waals surface area (Å²) in [4.78, 5) is 38.1. The fourth-order valence-electron chi connectivity index (χ4n) is 6.94. The van der Waals surface area contributed by atoms with Crippen LogP contribution in [0.15, 0.2) is 134 Å². The van der Waals surface area contributed by atoms with Crippen LogP contribution >= 0.6 is 0 Å². The van der Waals surface area contributed by atoms with Crippen molar-refractivity contribution < 1.29 is 28.6 Å². The third kappa shape index (κ3) is 52.5. The Bertz CT molecular complexity index is 1500. The average Bonchev–Trinajstić information content (AvgIpc) is 3.34. The maximum atomic E-state index is 12.8. The van der Waals surface area contributed by atoms with Crippen molar-refractivity contribution in [2.24, 2.45) is 0 Å². The Morgan fingerprint density at radius 2 is 0.647 bits per heavy atom. The number of unbranched alkanes of at least 4 members (excludes halogenated alkanes) is 18. The van der Waals surface area contributed by atoms with Crippen molar-refractivity contribution in [3.63, 3.8) is 0 Å². The molecule has 0 aromatic heterocycles. The molecule has 0 saturated carbocycles. The molecule has 0 fully saturated rings. The molecule has 0 aromatic rings. The van der Waals surface area contributed by atoms with E-state index < -0.39 is 6.10 Å². The molecule has 0 radical (unpaired) electrons. The summed E-state index contributed by atoms with van der Waals surface area (Å²) in [7, 11) is 0. The zero-order valence-electron chi connectivity index (χ0n) is 43.6. The van der Waals surface area contributed by atoms with E-state index in [-0.39, 0.29) is 37.5 Å². The van der Waals surface area contributed by atoms with Gasteiger partial charge in [-0.05, 0) is 109 Å². The van der Waals surface area contributed by atoms with Crippen molar-refractivity contribution >= 4 is 17.9 Å². The Morgan fingerprint density at radius 1 is 0.324 bits per heavy atom. The fourth-order valence-corrected chi connectivity index (χ4v) is 6.94. The summed E-state index contributed by atoms with van der Waals surface area (Å²) < 4.78 is 16.8. The highest BCUT2D eigenvalue weighted by molar-refractivity contribution is 5.71. The minimum atomic E-state index is -0.817. The van der Waals surface area contributed by atoms with Gasteiger partial charge in [-0.15, -0.1) is 0 Å². The number of ether oxygens (including phenoxy) is 3. The number of carbonyl (C=O) groups is 3. The molecule has 0 aliphatic heterocycles. The fraction of sp³-hybridized carbons (Fsp3) is 0.597. The molecule has 0 saturated heterocycles. The molecular weight excluding hydrogens is 841 g/mol. The number of esters is 3. The van der Waals surface area contributed by atoms with E-state index in [1.807, 2.05) is 0 Å². The molecule has 6 nitrogen and oxygen atoms in total. The molecule has 0 aliphatic carbocycles. The van der Waals surface area contributed by atoms with Crippen LogP contribution in [0, 0.1) is 0 Å². The lowest BCUT2D eigenvalue weighted by Crippen LogP contribution is -2.30. The molecule has 1 unspecified atom stereocenters. The summed E-state index contributed by atoms with van der Waals surface area (Å²) in [6.07, 6.45) is 77.2. The standard InChI is InChI=1S/C62H98O6/c1-4-7-10-13-16-19-22-25-27-29-31-33-34-37-40-43-46-49-52-55-61(64)67-58-59(57-66-60(63)54-51-48-45-42-39-36-24-21-18-15-12-9-6-3)68-62(65)56-53-50-47-44-41-38-35-32-30-28-26-23-20-17-14-11-8-5-2/h7,9-10,12,15-16,18-19,21,23-28,30-33,35,37,40,59H,4-6,8,11,13-14,17,20,22,29,34,36,38-39,41-58H2,1-3H3/b10-7+,12-9+,18-15+,19-16+,24-21+,26-23+,27-25+,30-28+,33-31+,35-32+,40-37+. The van der Waals surface area contributed by atoms with Gasteiger partial charge >= 0.3 is 17.9 Å². The topological polar surface area (TPSA) is 78.9 Å². The number of carbonyl (C=O) groups excluding carboxylic acids is 3. The molecule has 68 heavy (non-hydrogen) atoms. The van der Waals surface area contributed by atoms with Crippen molar-refractivity contribution in [2.75, 3.05) is 13.2 Å². The first-order chi connectivity index (χ1) is 33.5. The van der Waals surface area contributed by atoms with Crippen LogP contribution in [0.2, 0.25) is 0 Å². The average molecular weight is 939 g/mol. The van der Waals surface area contributed by atoms with Crippen LogP contribution < -0.4 is 0 Å². The largest absolute Gasteiger partial charge is 0.462 e. The van der Waals surface area contributed by atoms with E-state index in [0.717, 1.165) is 148 Å². The molecule has 0 bridgehead atoms. The second-order valence-electron chi connectivity index (χ2n) is 17.5. The summed E-state index contributed by atoms with van der Waals surface area (Å²) >= 11 is 0. The van der Waals surface area contributed by atoms with Crippen molar-refractivity contribution in [3.05, 3.63) is 134 Å². The molecule has 0 amide bonds. The van der Waals surface area contributed by atoms with Crippen LogP contribution in [0.5, 0.6) is 0 Å². The van der Waals surface area contributed by atoms with E-state index in [0.29, 0.717) is 12.8 Å². The molecule has 382 valence electrons. The van der Waals surface area contributed by atoms with Gasteiger partial charge in [-0.3, -0.25) is 14.4 Å². The highest BCUT2D eigenvalue weighted by atomic mass is 16.6. The van der Waals surface area contributed by atoms with Gasteiger partial charge in [0.25, 0.3) is 0 Å². The minimum Gasteiger partial charge on any atom is -0.462 e. The monoisotopic (exact) mass is 939 g/mol. The lowest BCUT2D eigenvalue weighted by molar-refractivity contribution is -0.167. The molecular formula is C62H98O6. The normalized spacial score (nSPS) is 13.2. The van der Waals surface area contributed by atoms with Crippen LogP contribution in [-0.4, -0.2) is 37.2 Å². The van der Waals surface area contributed by atoms with Crippen LogP contribution in [0.4, 0.5) is 0 Å². The summed E-state index contributed by atoms with van der Waals surface area (Å²) in [5.74, 6) is -0.992. The Morgan fingerprint density at radius 3 is 1.07 bits per heavy atom. The van der Waals surface area contributed by atoms with Crippen LogP contribution in [0.3, 0.4) is 0 Å². The van der Waals surface area contributed by atoms with E-state index in [2.05, 4.69) is 154 Å². The van der Waals surface area contributed by atoms with Gasteiger partial charge < -0.3 is 14.2 Å². The van der Waals surface area contributed by atoms with E-state index in [9.17, 15) is 14.4 Å². The smallest absolute Gasteiger partial charge is 0.306 e. The minimum absolute atomic E-state index is 0.113. The van der Waals surface area contributed by atoms with Gasteiger partial charge in [0.05, 0.1) is 0 Å². The Kier molecular flexibility index (Phi) is 51.5. The van der Waals surface area contributed by atoms with Gasteiger partial charge in [0.15, 0.2) is 6.10 Å². The summed E-state index contributed by atoms with van der Waals surface area (Å²) in [5.41, 5.74) is 0. The van der Waals surface area contributed by atoms with E-state index in [1.54, 1.807) is 0 Å². The van der Waals surface area contributed by atoms with Gasteiger partial charge in [-0.1, -0.05) is 225 Å². The van der Waals surface area contributed by atoms with E-state index >= 15 is 0 Å². The molecule has 0 heterocycles. The first-order valence-corrected chi connectivity index (χ1v) is 27.3. The van der Waals surface area contributed by atoms with Crippen molar-refractivity contribution in [3.8, 4) is 0 Å². The lowest BCUT2D eigenvalue weighted by Gasteiger charge is -2.18. The molecule has 0 N–H and O–H groups in total. The predicted octanol–water partition coefficient (Wildman–Crippen LogP) is 18.3. The van der Waals surface area contributed by atoms with Gasteiger partial charge in [0.1, 0.15) is 13.2 Å². The van der Waals surface area contributed by atoms with Gasteiger partial charge in [-0.2, -0.15) is 0 Å². The molecule has 0 spiro atoms. The first kappa shape index (κ1) is 63.5. The third-order valence-corrected chi connectivity index (χ3v) is 11.0. The maximum absolute atomic E-state index is 12.8. The zero-order chi connectivity index (χ0) is 49.3. The highest BCUT2D eigenvalue weighted by Gasteiger charge is 2.19. The molecule has 6 heteroatoms. The molecule has 0 aromatic carbocycles. The first-order valence-electron chi connectivity index (χ1n) is 27.3. The summed E-state index contributed by atoms with van der Waals surface area (Å²) in [6, 6.07) is 0. The van der Waals surface area contributed by atoms with E-state index in [1.165, 1.54) is 32.1 Å². The van der Waals surface area contributed by atoms with Crippen LogP contribution in [0.1, 0.15) is 220 Å². The van der Waals surface area contributed by atoms with Gasteiger partial charge in [0.2, 0.25) is 0 Å². The Balaban J connectivity index is 4.54. The zero-order valence-corrected chi connectivity index (χ0v) is 43.6. The van der Waals surface area contributed by atoms with Crippen molar-refractivity contribution in [2.45, 2.75) is 226 Å². The quantitative estimate of drug-likeness (QED) is 0.0199. The Hall–Kier alpha value is -4.45. The van der Waals surface area contributed by atoms with Gasteiger partial charge in [0, 0.05) is 19.3 Å². The second kappa shape index (κ2) is 55.1. The van der Waals surface area contributed by atoms with Gasteiger partial charge in [-0.25, -0.2) is 0 Å². The summed E-state index contributed by atoms with van der Waals surface area (Å²) in [6.45, 7) is 6.30. The van der Waals surface area contributed by atoms with Crippen LogP contribution in [-0.2, 0) is 28.6 Å². The molecule has 0 aliphatic rings. The molecule has 0 rings (SSSR count). The second-order valence-corrected chi connectivity index (χ2v) is 17.5. The predicted molar refractivity (Wildman–Crippen MR) is 292 cm³/mol. The highest BCUT2D eigenvalue weighted by Crippen LogP contribution is 2.13. The number of hydrogen-bond acceptors (Lipinski definition) is 6. The SMILES string of the molecule is CC/C=C/C=C/C=C/CCCCCCCC(=O)OCC(COC(=O)CCCCC/C=C/C/C=C/C/C=C/C/C=C/C/C=C/CC)OC(=O)CCCCCCC/C=C/C=C/C=C/CCCCCCC.